The van der Waals surface area contributed by atoms with Crippen molar-refractivity contribution in [1.29, 1.82) is 0 Å². The lowest BCUT2D eigenvalue weighted by molar-refractivity contribution is -0.0189. The van der Waals surface area contributed by atoms with Gasteiger partial charge in [0.05, 0.1) is 5.78 Å². The van der Waals surface area contributed by atoms with Gasteiger partial charge in [0.15, 0.2) is 0 Å². The van der Waals surface area contributed by atoms with Gasteiger partial charge in [-0.25, -0.2) is 0 Å². The van der Waals surface area contributed by atoms with Gasteiger partial charge in [-0.15, -0.1) is 0 Å². The summed E-state index contributed by atoms with van der Waals surface area (Å²) in [7, 11) is -1.75. The molecule has 2 atom stereocenters. The lowest BCUT2D eigenvalue weighted by Gasteiger charge is -2.55. The Kier molecular flexibility index (Phi) is 6.11. The van der Waals surface area contributed by atoms with Gasteiger partial charge < -0.3 is 9.63 Å². The van der Waals surface area contributed by atoms with Gasteiger partial charge in [0, 0.05) is 18.2 Å². The summed E-state index contributed by atoms with van der Waals surface area (Å²) in [6, 6.07) is 0. The first-order valence-electron chi connectivity index (χ1n) is 7.16. The van der Waals surface area contributed by atoms with E-state index in [-0.39, 0.29) is 22.3 Å². The highest BCUT2D eigenvalue weighted by Crippen LogP contribution is 2.60. The van der Waals surface area contributed by atoms with Gasteiger partial charge in [0.25, 0.3) is 0 Å². The van der Waals surface area contributed by atoms with Crippen LogP contribution in [0.1, 0.15) is 62.3 Å². The second-order valence-electron chi connectivity index (χ2n) is 8.50. The van der Waals surface area contributed by atoms with Gasteiger partial charge in [-0.1, -0.05) is 20.8 Å². The molecule has 0 heterocycles. The smallest absolute Gasteiger partial charge is 0.244 e. The Morgan fingerprint density at radius 3 is 1.50 bits per heavy atom. The van der Waals surface area contributed by atoms with E-state index < -0.39 is 13.7 Å². The minimum Gasteiger partial charge on any atom is -0.386 e. The molecule has 20 heavy (non-hydrogen) atoms. The first kappa shape index (κ1) is 20.1. The topological polar surface area (TPSA) is 49.8 Å². The number of aliphatic hydroxyl groups excluding tert-OH is 1. The molecule has 1 N–H and O–H groups in total. The van der Waals surface area contributed by atoms with Crippen LogP contribution < -0.4 is 0 Å². The third-order valence-corrected chi connectivity index (χ3v) is 6.11. The molecule has 122 valence electrons. The van der Waals surface area contributed by atoms with Crippen LogP contribution in [0.4, 0.5) is 0 Å². The molecule has 0 saturated heterocycles. The molecule has 0 aromatic heterocycles. The second-order valence-corrected chi connectivity index (χ2v) is 11.1. The largest absolute Gasteiger partial charge is 0.386 e. The Bertz CT molecular complexity index is 339. The quantitative estimate of drug-likeness (QED) is 0.793. The van der Waals surface area contributed by atoms with Crippen molar-refractivity contribution < 1.29 is 14.2 Å². The van der Waals surface area contributed by atoms with E-state index in [2.05, 4.69) is 46.4 Å². The van der Waals surface area contributed by atoms with Crippen LogP contribution in [0.3, 0.4) is 0 Å². The summed E-state index contributed by atoms with van der Waals surface area (Å²) in [5.41, 5.74) is -0.673. The molecule has 0 amide bonds. The van der Waals surface area contributed by atoms with Crippen molar-refractivity contribution in [1.82, 2.24) is 4.90 Å². The van der Waals surface area contributed by atoms with Gasteiger partial charge >= 0.3 is 0 Å². The summed E-state index contributed by atoms with van der Waals surface area (Å²) in [6.07, 6.45) is -0.436. The molecule has 2 unspecified atom stereocenters. The van der Waals surface area contributed by atoms with Crippen LogP contribution in [0.5, 0.6) is 0 Å². The third-order valence-electron chi connectivity index (χ3n) is 3.34. The molecule has 0 fully saturated rings. The Hall–Kier alpha value is 0.110. The van der Waals surface area contributed by atoms with Crippen molar-refractivity contribution in [2.24, 2.45) is 5.41 Å². The fraction of sp³-hybridized carbons (Fsp3) is 1.00. The monoisotopic (exact) mass is 307 g/mol. The number of aliphatic hydroxyl groups is 1. The Balaban J connectivity index is 6.17. The summed E-state index contributed by atoms with van der Waals surface area (Å²) in [5, 5.41) is 9.68. The summed E-state index contributed by atoms with van der Waals surface area (Å²) >= 11 is 0. The zero-order chi connectivity index (χ0) is 16.6. The number of hydrogen-bond acceptors (Lipinski definition) is 4. The van der Waals surface area contributed by atoms with Crippen LogP contribution >= 0.6 is 7.37 Å². The fourth-order valence-electron chi connectivity index (χ4n) is 3.13. The van der Waals surface area contributed by atoms with Crippen molar-refractivity contribution in [3.05, 3.63) is 0 Å². The van der Waals surface area contributed by atoms with E-state index in [1.165, 1.54) is 7.11 Å². The van der Waals surface area contributed by atoms with E-state index in [1.807, 2.05) is 20.8 Å². The van der Waals surface area contributed by atoms with Gasteiger partial charge in [-0.3, -0.25) is 9.46 Å². The normalized spacial score (nSPS) is 19.0. The van der Waals surface area contributed by atoms with Gasteiger partial charge in [0.1, 0.15) is 6.35 Å². The van der Waals surface area contributed by atoms with Crippen LogP contribution in [0.2, 0.25) is 0 Å². The van der Waals surface area contributed by atoms with Crippen molar-refractivity contribution in [3.8, 4) is 0 Å². The zero-order valence-electron chi connectivity index (χ0n) is 14.9. The predicted molar refractivity (Wildman–Crippen MR) is 86.3 cm³/mol. The Morgan fingerprint density at radius 1 is 1.00 bits per heavy atom. The first-order chi connectivity index (χ1) is 8.61. The van der Waals surface area contributed by atoms with E-state index >= 15 is 0 Å². The average molecular weight is 307 g/mol. The minimum absolute atomic E-state index is 0.195. The van der Waals surface area contributed by atoms with Gasteiger partial charge in [-0.05, 0) is 47.0 Å². The molecular weight excluding hydrogens is 273 g/mol. The molecule has 0 radical (unpaired) electrons. The Labute approximate surface area is 125 Å². The van der Waals surface area contributed by atoms with Crippen molar-refractivity contribution >= 4 is 7.37 Å². The number of nitrogens with zero attached hydrogens (tertiary/aromatic N) is 1. The van der Waals surface area contributed by atoms with Crippen molar-refractivity contribution in [3.63, 3.8) is 0 Å². The van der Waals surface area contributed by atoms with E-state index in [0.29, 0.717) is 0 Å². The molecule has 0 aliphatic heterocycles. The first-order valence-corrected chi connectivity index (χ1v) is 9.04. The zero-order valence-corrected chi connectivity index (χ0v) is 15.8. The second kappa shape index (κ2) is 6.08. The molecule has 0 saturated carbocycles. The third kappa shape index (κ3) is 4.56. The summed E-state index contributed by atoms with van der Waals surface area (Å²) in [6.45, 7) is 18.8. The van der Waals surface area contributed by atoms with Gasteiger partial charge in [-0.2, -0.15) is 0 Å². The van der Waals surface area contributed by atoms with E-state index in [0.717, 1.165) is 0 Å². The van der Waals surface area contributed by atoms with Gasteiger partial charge in [0.2, 0.25) is 7.37 Å². The summed E-state index contributed by atoms with van der Waals surface area (Å²) in [4.78, 5) is 2.22. The molecule has 0 rings (SSSR count). The summed E-state index contributed by atoms with van der Waals surface area (Å²) < 4.78 is 18.4. The SMILES string of the molecule is COP(=O)(CO)C(N(C(C)(C)C)C(C)(C)C)C(C)(C)C. The molecule has 0 aromatic carbocycles. The van der Waals surface area contributed by atoms with Crippen LogP contribution in [0.15, 0.2) is 0 Å². The van der Waals surface area contributed by atoms with Crippen molar-refractivity contribution in [2.75, 3.05) is 13.5 Å². The maximum Gasteiger partial charge on any atom is 0.244 e. The molecule has 5 heteroatoms. The molecule has 0 bridgehead atoms. The van der Waals surface area contributed by atoms with Crippen molar-refractivity contribution in [2.45, 2.75) is 79.2 Å². The van der Waals surface area contributed by atoms with Crippen LogP contribution in [0.25, 0.3) is 0 Å². The van der Waals surface area contributed by atoms with Crippen LogP contribution in [-0.4, -0.2) is 40.3 Å². The molecule has 0 aliphatic rings. The molecule has 4 nitrogen and oxygen atoms in total. The lowest BCUT2D eigenvalue weighted by atomic mass is 9.88. The maximum absolute atomic E-state index is 13.1. The highest BCUT2D eigenvalue weighted by Gasteiger charge is 2.51. The average Bonchev–Trinajstić information content (AvgIpc) is 2.19. The fourth-order valence-corrected chi connectivity index (χ4v) is 5.82. The van der Waals surface area contributed by atoms with E-state index in [4.69, 9.17) is 4.52 Å². The van der Waals surface area contributed by atoms with E-state index in [1.54, 1.807) is 0 Å². The minimum atomic E-state index is -3.18. The maximum atomic E-state index is 13.1. The van der Waals surface area contributed by atoms with E-state index in [9.17, 15) is 9.67 Å². The van der Waals surface area contributed by atoms with Crippen LogP contribution in [-0.2, 0) is 9.09 Å². The number of rotatable bonds is 4. The highest BCUT2D eigenvalue weighted by atomic mass is 31.2. The molecule has 0 aliphatic carbocycles. The predicted octanol–water partition coefficient (Wildman–Crippen LogP) is 4.13. The lowest BCUT2D eigenvalue weighted by Crippen LogP contribution is -2.61. The van der Waals surface area contributed by atoms with Crippen LogP contribution in [0, 0.1) is 5.41 Å². The Morgan fingerprint density at radius 2 is 1.35 bits per heavy atom. The number of hydrogen-bond donors (Lipinski definition) is 1. The standard InChI is InChI=1S/C15H34NO3P/c1-13(2,3)12(20(18,11-17)19-10)16(14(4,5)6)15(7,8)9/h12,17H,11H2,1-10H3. The molecule has 0 spiro atoms. The molecular formula is C15H34NO3P. The summed E-state index contributed by atoms with van der Waals surface area (Å²) in [5.74, 6) is -0.356. The highest BCUT2D eigenvalue weighted by molar-refractivity contribution is 7.59. The molecule has 0 aromatic rings.